The quantitative estimate of drug-likeness (QED) is 0.700. The molecule has 0 bridgehead atoms. The Morgan fingerprint density at radius 2 is 1.93 bits per heavy atom. The minimum Gasteiger partial charge on any atom is -0.508 e. The van der Waals surface area contributed by atoms with Crippen molar-refractivity contribution in [3.63, 3.8) is 0 Å². The molecule has 1 aromatic rings. The van der Waals surface area contributed by atoms with E-state index in [-0.39, 0.29) is 12.4 Å². The van der Waals surface area contributed by atoms with E-state index in [1.54, 1.807) is 5.56 Å². The Morgan fingerprint density at radius 3 is 2.68 bits per heavy atom. The fraction of sp³-hybridized carbons (Fsp3) is 0.750. The molecule has 2 fully saturated rings. The summed E-state index contributed by atoms with van der Waals surface area (Å²) in [5.41, 5.74) is 3.43. The number of benzene rings is 1. The lowest BCUT2D eigenvalue weighted by Crippen LogP contribution is -2.49. The van der Waals surface area contributed by atoms with Crippen LogP contribution < -0.4 is 5.32 Å². The van der Waals surface area contributed by atoms with Gasteiger partial charge in [0.2, 0.25) is 0 Å². The Morgan fingerprint density at radius 1 is 1.14 bits per heavy atom. The van der Waals surface area contributed by atoms with Crippen LogP contribution in [0.25, 0.3) is 0 Å². The minimum atomic E-state index is 0. The van der Waals surface area contributed by atoms with Crippen LogP contribution in [0, 0.1) is 17.3 Å². The minimum absolute atomic E-state index is 0. The van der Waals surface area contributed by atoms with Crippen LogP contribution in [0.2, 0.25) is 0 Å². The van der Waals surface area contributed by atoms with Crippen LogP contribution in [-0.2, 0) is 6.42 Å². The molecule has 4 rings (SSSR count). The average molecular weight is 407 g/mol. The van der Waals surface area contributed by atoms with Gasteiger partial charge in [-0.25, -0.2) is 0 Å². The molecule has 2 saturated carbocycles. The van der Waals surface area contributed by atoms with E-state index in [9.17, 15) is 5.11 Å². The SMILES string of the molecule is CCN(CC)CCN[C@H]1CC[C@H]2[C@@H]3CCc4cc(O)ccc4[C@H]3CC[C@]12C.Cl. The molecule has 0 saturated heterocycles. The topological polar surface area (TPSA) is 35.5 Å². The standard InChI is InChI=1S/C24H38N2O.ClH/c1-4-26(5-2)15-14-25-23-11-10-22-21-8-6-17-16-18(27)7-9-19(17)20(21)12-13-24(22,23)3;/h7,9,16,20-23,25,27H,4-6,8,10-15H2,1-3H3;1H/t20-,21-,22+,23+,24+;/m1./s1. The van der Waals surface area contributed by atoms with Gasteiger partial charge in [0.05, 0.1) is 0 Å². The monoisotopic (exact) mass is 406 g/mol. The number of aryl methyl sites for hydroxylation is 1. The number of halogens is 1. The van der Waals surface area contributed by atoms with Crippen LogP contribution in [-0.4, -0.2) is 42.2 Å². The highest BCUT2D eigenvalue weighted by Gasteiger charge is 2.54. The van der Waals surface area contributed by atoms with Crippen molar-refractivity contribution in [1.29, 1.82) is 0 Å². The van der Waals surface area contributed by atoms with Crippen LogP contribution in [0.15, 0.2) is 18.2 Å². The number of rotatable bonds is 6. The second kappa shape index (κ2) is 8.93. The van der Waals surface area contributed by atoms with Crippen molar-refractivity contribution < 1.29 is 5.11 Å². The summed E-state index contributed by atoms with van der Waals surface area (Å²) in [7, 11) is 0. The highest BCUT2D eigenvalue weighted by Crippen LogP contribution is 2.60. The highest BCUT2D eigenvalue weighted by atomic mass is 35.5. The van der Waals surface area contributed by atoms with E-state index in [0.717, 1.165) is 43.8 Å². The molecule has 4 heteroatoms. The van der Waals surface area contributed by atoms with Crippen molar-refractivity contribution in [2.75, 3.05) is 26.2 Å². The number of aromatic hydroxyl groups is 1. The lowest BCUT2D eigenvalue weighted by atomic mass is 9.55. The van der Waals surface area contributed by atoms with Gasteiger partial charge in [0.15, 0.2) is 0 Å². The van der Waals surface area contributed by atoms with Gasteiger partial charge in [-0.2, -0.15) is 0 Å². The second-order valence-electron chi connectivity index (χ2n) is 9.45. The zero-order valence-corrected chi connectivity index (χ0v) is 18.7. The molecule has 158 valence electrons. The van der Waals surface area contributed by atoms with Gasteiger partial charge < -0.3 is 15.3 Å². The Labute approximate surface area is 177 Å². The van der Waals surface area contributed by atoms with Crippen molar-refractivity contribution in [1.82, 2.24) is 10.2 Å². The lowest BCUT2D eigenvalue weighted by molar-refractivity contribution is 0.0407. The lowest BCUT2D eigenvalue weighted by Gasteiger charge is -2.51. The molecule has 2 N–H and O–H groups in total. The molecule has 5 atom stereocenters. The van der Waals surface area contributed by atoms with Crippen molar-refractivity contribution in [3.8, 4) is 5.75 Å². The molecule has 28 heavy (non-hydrogen) atoms. The van der Waals surface area contributed by atoms with Gasteiger partial charge in [0.25, 0.3) is 0 Å². The molecule has 0 radical (unpaired) electrons. The van der Waals surface area contributed by atoms with Crippen LogP contribution >= 0.6 is 12.4 Å². The number of fused-ring (bicyclic) bond motifs is 5. The summed E-state index contributed by atoms with van der Waals surface area (Å²) in [6.45, 7) is 11.7. The van der Waals surface area contributed by atoms with E-state index in [1.807, 2.05) is 12.1 Å². The Bertz CT molecular complexity index is 662. The first-order valence-corrected chi connectivity index (χ1v) is 11.3. The zero-order chi connectivity index (χ0) is 19.0. The van der Waals surface area contributed by atoms with E-state index < -0.39 is 0 Å². The third kappa shape index (κ3) is 3.82. The van der Waals surface area contributed by atoms with Crippen molar-refractivity contribution in [2.45, 2.75) is 71.3 Å². The summed E-state index contributed by atoms with van der Waals surface area (Å²) in [6, 6.07) is 6.84. The van der Waals surface area contributed by atoms with Gasteiger partial charge in [0, 0.05) is 19.1 Å². The number of likely N-dealkylation sites (N-methyl/N-ethyl adjacent to an activating group) is 1. The third-order valence-corrected chi connectivity index (χ3v) is 8.42. The number of hydrogen-bond acceptors (Lipinski definition) is 3. The van der Waals surface area contributed by atoms with Gasteiger partial charge in [0.1, 0.15) is 5.75 Å². The fourth-order valence-corrected chi connectivity index (χ4v) is 6.84. The Hall–Kier alpha value is -0.770. The summed E-state index contributed by atoms with van der Waals surface area (Å²) >= 11 is 0. The van der Waals surface area contributed by atoms with Gasteiger partial charge in [-0.15, -0.1) is 12.4 Å². The third-order valence-electron chi connectivity index (χ3n) is 8.42. The maximum absolute atomic E-state index is 9.86. The summed E-state index contributed by atoms with van der Waals surface area (Å²) < 4.78 is 0. The van der Waals surface area contributed by atoms with E-state index in [4.69, 9.17) is 0 Å². The predicted octanol–water partition coefficient (Wildman–Crippen LogP) is 4.97. The van der Waals surface area contributed by atoms with E-state index in [0.29, 0.717) is 17.2 Å². The summed E-state index contributed by atoms with van der Waals surface area (Å²) in [5.74, 6) is 2.87. The van der Waals surface area contributed by atoms with Crippen LogP contribution in [0.4, 0.5) is 0 Å². The van der Waals surface area contributed by atoms with E-state index in [2.05, 4.69) is 37.1 Å². The predicted molar refractivity (Wildman–Crippen MR) is 120 cm³/mol. The average Bonchev–Trinajstić information content (AvgIpc) is 3.01. The molecular weight excluding hydrogens is 368 g/mol. The number of phenolic OH excluding ortho intramolecular Hbond substituents is 1. The number of nitrogens with one attached hydrogen (secondary N) is 1. The summed E-state index contributed by atoms with van der Waals surface area (Å²) in [6.07, 6.45) is 7.88. The smallest absolute Gasteiger partial charge is 0.115 e. The molecule has 0 amide bonds. The molecule has 0 aliphatic heterocycles. The van der Waals surface area contributed by atoms with Crippen LogP contribution in [0.3, 0.4) is 0 Å². The number of nitrogens with zero attached hydrogens (tertiary/aromatic N) is 1. The molecule has 3 aliphatic carbocycles. The molecule has 1 aromatic carbocycles. The first-order valence-electron chi connectivity index (χ1n) is 11.3. The van der Waals surface area contributed by atoms with Crippen molar-refractivity contribution in [2.24, 2.45) is 17.3 Å². The summed E-state index contributed by atoms with van der Waals surface area (Å²) in [4.78, 5) is 2.52. The fourth-order valence-electron chi connectivity index (χ4n) is 6.84. The van der Waals surface area contributed by atoms with Gasteiger partial charge >= 0.3 is 0 Å². The van der Waals surface area contributed by atoms with E-state index in [1.165, 1.54) is 44.2 Å². The molecule has 3 nitrogen and oxygen atoms in total. The van der Waals surface area contributed by atoms with E-state index >= 15 is 0 Å². The van der Waals surface area contributed by atoms with Gasteiger partial charge in [-0.05, 0) is 98.0 Å². The summed E-state index contributed by atoms with van der Waals surface area (Å²) in [5, 5.41) is 13.8. The van der Waals surface area contributed by atoms with Crippen molar-refractivity contribution >= 4 is 12.4 Å². The largest absolute Gasteiger partial charge is 0.508 e. The normalized spacial score (nSPS) is 33.7. The first kappa shape index (κ1) is 21.9. The van der Waals surface area contributed by atoms with Crippen LogP contribution in [0.5, 0.6) is 5.75 Å². The zero-order valence-electron chi connectivity index (χ0n) is 17.9. The maximum atomic E-state index is 9.86. The highest BCUT2D eigenvalue weighted by molar-refractivity contribution is 5.85. The molecule has 0 heterocycles. The van der Waals surface area contributed by atoms with Crippen molar-refractivity contribution in [3.05, 3.63) is 29.3 Å². The first-order chi connectivity index (χ1) is 13.1. The molecule has 0 unspecified atom stereocenters. The molecule has 0 aromatic heterocycles. The Balaban J connectivity index is 0.00000225. The second-order valence-corrected chi connectivity index (χ2v) is 9.45. The number of phenols is 1. The Kier molecular flexibility index (Phi) is 7.00. The van der Waals surface area contributed by atoms with Crippen LogP contribution in [0.1, 0.15) is 69.9 Å². The molecule has 0 spiro atoms. The molecule has 3 aliphatic rings. The van der Waals surface area contributed by atoms with Gasteiger partial charge in [-0.3, -0.25) is 0 Å². The maximum Gasteiger partial charge on any atom is 0.115 e. The van der Waals surface area contributed by atoms with Gasteiger partial charge in [-0.1, -0.05) is 26.8 Å². The molecular formula is C24H39ClN2O. The number of hydrogen-bond donors (Lipinski definition) is 2.